The summed E-state index contributed by atoms with van der Waals surface area (Å²) in [6.07, 6.45) is 8.20. The van der Waals surface area contributed by atoms with E-state index in [1.54, 1.807) is 0 Å². The highest BCUT2D eigenvalue weighted by Crippen LogP contribution is 2.40. The van der Waals surface area contributed by atoms with Crippen LogP contribution in [0, 0.1) is 5.41 Å². The van der Waals surface area contributed by atoms with Crippen LogP contribution in [-0.4, -0.2) is 12.6 Å². The average molecular weight is 330 g/mol. The molecule has 1 unspecified atom stereocenters. The van der Waals surface area contributed by atoms with Crippen molar-refractivity contribution >= 4 is 27.3 Å². The molecular formula is C15H24BrNS. The lowest BCUT2D eigenvalue weighted by molar-refractivity contribution is 0.145. The molecule has 0 spiro atoms. The van der Waals surface area contributed by atoms with E-state index in [1.807, 2.05) is 11.3 Å². The average Bonchev–Trinajstić information content (AvgIpc) is 2.75. The van der Waals surface area contributed by atoms with Crippen molar-refractivity contribution in [2.75, 3.05) is 6.54 Å². The Bertz CT molecular complexity index is 368. The molecule has 0 radical (unpaired) electrons. The molecule has 0 amide bonds. The molecule has 18 heavy (non-hydrogen) atoms. The largest absolute Gasteiger partial charge is 0.313 e. The molecule has 1 heterocycles. The van der Waals surface area contributed by atoms with Gasteiger partial charge in [0.25, 0.3) is 0 Å². The monoisotopic (exact) mass is 329 g/mol. The normalized spacial score (nSPS) is 20.8. The second kappa shape index (κ2) is 6.53. The second-order valence-corrected chi connectivity index (χ2v) is 7.67. The van der Waals surface area contributed by atoms with E-state index in [1.165, 1.54) is 47.9 Å². The Morgan fingerprint density at radius 3 is 2.67 bits per heavy atom. The molecule has 1 aromatic heterocycles. The Kier molecular flexibility index (Phi) is 5.28. The summed E-state index contributed by atoms with van der Waals surface area (Å²) in [5.41, 5.74) is 0.491. The van der Waals surface area contributed by atoms with Crippen LogP contribution in [0.25, 0.3) is 0 Å². The van der Waals surface area contributed by atoms with Gasteiger partial charge in [-0.1, -0.05) is 33.1 Å². The van der Waals surface area contributed by atoms with Gasteiger partial charge in [-0.05, 0) is 53.2 Å². The summed E-state index contributed by atoms with van der Waals surface area (Å²) in [5, 5.41) is 5.94. The van der Waals surface area contributed by atoms with Gasteiger partial charge in [0, 0.05) is 20.8 Å². The zero-order chi connectivity index (χ0) is 13.0. The van der Waals surface area contributed by atoms with E-state index in [0.29, 0.717) is 11.5 Å². The van der Waals surface area contributed by atoms with Crippen molar-refractivity contribution < 1.29 is 0 Å². The number of hydrogen-bond donors (Lipinski definition) is 1. The Morgan fingerprint density at radius 1 is 1.39 bits per heavy atom. The van der Waals surface area contributed by atoms with Gasteiger partial charge in [-0.3, -0.25) is 0 Å². The topological polar surface area (TPSA) is 12.0 Å². The van der Waals surface area contributed by atoms with Crippen molar-refractivity contribution in [3.8, 4) is 0 Å². The van der Waals surface area contributed by atoms with E-state index in [2.05, 4.69) is 46.5 Å². The standard InChI is InChI=1S/C15H24BrNS/c1-3-17-14(10-13-9-12(16)11-18-13)15(2)7-5-4-6-8-15/h9,11,14,17H,3-8,10H2,1-2H3. The number of likely N-dealkylation sites (N-methyl/N-ethyl adjacent to an activating group) is 1. The molecule has 2 rings (SSSR count). The van der Waals surface area contributed by atoms with Crippen LogP contribution in [0.15, 0.2) is 15.9 Å². The number of rotatable bonds is 5. The number of nitrogens with one attached hydrogen (secondary N) is 1. The van der Waals surface area contributed by atoms with Crippen LogP contribution in [0.4, 0.5) is 0 Å². The number of halogens is 1. The first kappa shape index (κ1) is 14.5. The van der Waals surface area contributed by atoms with Crippen LogP contribution in [0.2, 0.25) is 0 Å². The second-order valence-electron chi connectivity index (χ2n) is 5.76. The van der Waals surface area contributed by atoms with Crippen LogP contribution >= 0.6 is 27.3 Å². The molecule has 1 N–H and O–H groups in total. The minimum Gasteiger partial charge on any atom is -0.313 e. The third kappa shape index (κ3) is 3.58. The van der Waals surface area contributed by atoms with Crippen LogP contribution in [0.3, 0.4) is 0 Å². The summed E-state index contributed by atoms with van der Waals surface area (Å²) in [6, 6.07) is 2.91. The van der Waals surface area contributed by atoms with Gasteiger partial charge in [-0.25, -0.2) is 0 Å². The first-order valence-corrected chi connectivity index (χ1v) is 8.77. The van der Waals surface area contributed by atoms with Crippen molar-refractivity contribution in [3.05, 3.63) is 20.8 Å². The Balaban J connectivity index is 2.06. The number of thiophene rings is 1. The summed E-state index contributed by atoms with van der Waals surface area (Å²) in [4.78, 5) is 1.50. The molecule has 1 aliphatic rings. The highest BCUT2D eigenvalue weighted by Gasteiger charge is 2.35. The fraction of sp³-hybridized carbons (Fsp3) is 0.733. The minimum absolute atomic E-state index is 0.491. The maximum absolute atomic E-state index is 3.74. The van der Waals surface area contributed by atoms with Gasteiger partial charge in [0.1, 0.15) is 0 Å². The van der Waals surface area contributed by atoms with Gasteiger partial charge in [0.2, 0.25) is 0 Å². The smallest absolute Gasteiger partial charge is 0.0285 e. The molecule has 1 aliphatic carbocycles. The molecule has 0 bridgehead atoms. The Morgan fingerprint density at radius 2 is 2.11 bits per heavy atom. The predicted molar refractivity (Wildman–Crippen MR) is 84.4 cm³/mol. The summed E-state index contributed by atoms with van der Waals surface area (Å²) in [6.45, 7) is 5.79. The molecule has 1 fully saturated rings. The van der Waals surface area contributed by atoms with Crippen LogP contribution in [0.5, 0.6) is 0 Å². The van der Waals surface area contributed by atoms with E-state index in [9.17, 15) is 0 Å². The summed E-state index contributed by atoms with van der Waals surface area (Å²) in [5.74, 6) is 0. The summed E-state index contributed by atoms with van der Waals surface area (Å²) in [7, 11) is 0. The van der Waals surface area contributed by atoms with E-state index in [4.69, 9.17) is 0 Å². The lowest BCUT2D eigenvalue weighted by Gasteiger charge is -2.41. The predicted octanol–water partition coefficient (Wildman–Crippen LogP) is 5.00. The van der Waals surface area contributed by atoms with E-state index in [0.717, 1.165) is 6.54 Å². The molecule has 1 saturated carbocycles. The third-order valence-corrected chi connectivity index (χ3v) is 6.03. The van der Waals surface area contributed by atoms with Crippen LogP contribution in [-0.2, 0) is 6.42 Å². The first-order chi connectivity index (χ1) is 8.64. The maximum atomic E-state index is 3.74. The highest BCUT2D eigenvalue weighted by molar-refractivity contribution is 9.10. The van der Waals surface area contributed by atoms with Crippen LogP contribution in [0.1, 0.15) is 50.8 Å². The maximum Gasteiger partial charge on any atom is 0.0285 e. The summed E-state index contributed by atoms with van der Waals surface area (Å²) < 4.78 is 1.23. The quantitative estimate of drug-likeness (QED) is 0.801. The van der Waals surface area contributed by atoms with Gasteiger partial charge in [-0.15, -0.1) is 11.3 Å². The van der Waals surface area contributed by atoms with Crippen molar-refractivity contribution in [2.24, 2.45) is 5.41 Å². The molecule has 1 aromatic rings. The van der Waals surface area contributed by atoms with E-state index in [-0.39, 0.29) is 0 Å². The molecule has 1 atom stereocenters. The molecule has 102 valence electrons. The minimum atomic E-state index is 0.491. The molecule has 0 saturated heterocycles. The van der Waals surface area contributed by atoms with Crippen molar-refractivity contribution in [2.45, 2.75) is 58.4 Å². The summed E-state index contributed by atoms with van der Waals surface area (Å²) >= 11 is 5.44. The molecule has 3 heteroatoms. The molecule has 0 aromatic carbocycles. The SMILES string of the molecule is CCNC(Cc1cc(Br)cs1)C1(C)CCCCC1. The third-order valence-electron chi connectivity index (χ3n) is 4.31. The van der Waals surface area contributed by atoms with Crippen LogP contribution < -0.4 is 5.32 Å². The zero-order valence-electron chi connectivity index (χ0n) is 11.5. The Hall–Kier alpha value is 0.140. The fourth-order valence-electron chi connectivity index (χ4n) is 3.18. The van der Waals surface area contributed by atoms with Crippen molar-refractivity contribution in [1.82, 2.24) is 5.32 Å². The Labute approximate surface area is 123 Å². The van der Waals surface area contributed by atoms with Gasteiger partial charge >= 0.3 is 0 Å². The zero-order valence-corrected chi connectivity index (χ0v) is 13.9. The van der Waals surface area contributed by atoms with Gasteiger partial charge in [0.05, 0.1) is 0 Å². The molecule has 1 nitrogen and oxygen atoms in total. The van der Waals surface area contributed by atoms with Crippen molar-refractivity contribution in [3.63, 3.8) is 0 Å². The van der Waals surface area contributed by atoms with E-state index >= 15 is 0 Å². The highest BCUT2D eigenvalue weighted by atomic mass is 79.9. The lowest BCUT2D eigenvalue weighted by atomic mass is 9.69. The first-order valence-electron chi connectivity index (χ1n) is 7.10. The van der Waals surface area contributed by atoms with Gasteiger partial charge in [0.15, 0.2) is 0 Å². The lowest BCUT2D eigenvalue weighted by Crippen LogP contribution is -2.46. The molecular weight excluding hydrogens is 306 g/mol. The van der Waals surface area contributed by atoms with Gasteiger partial charge < -0.3 is 5.32 Å². The fourth-order valence-corrected chi connectivity index (χ4v) is 4.68. The van der Waals surface area contributed by atoms with Crippen molar-refractivity contribution in [1.29, 1.82) is 0 Å². The number of hydrogen-bond acceptors (Lipinski definition) is 2. The van der Waals surface area contributed by atoms with E-state index < -0.39 is 0 Å². The van der Waals surface area contributed by atoms with Gasteiger partial charge in [-0.2, -0.15) is 0 Å². The molecule has 0 aliphatic heterocycles.